The van der Waals surface area contributed by atoms with E-state index in [0.717, 1.165) is 18.6 Å². The average molecular weight is 269 g/mol. The molecule has 0 bridgehead atoms. The molecule has 0 spiro atoms. The zero-order chi connectivity index (χ0) is 13.7. The van der Waals surface area contributed by atoms with Crippen molar-refractivity contribution in [1.29, 1.82) is 0 Å². The van der Waals surface area contributed by atoms with Crippen molar-refractivity contribution in [3.63, 3.8) is 0 Å². The van der Waals surface area contributed by atoms with Gasteiger partial charge in [-0.2, -0.15) is 0 Å². The predicted octanol–water partition coefficient (Wildman–Crippen LogP) is 1.73. The van der Waals surface area contributed by atoms with Gasteiger partial charge in [0.05, 0.1) is 13.7 Å². The van der Waals surface area contributed by atoms with Crippen molar-refractivity contribution in [2.75, 3.05) is 34.0 Å². The number of nitrogens with one attached hydrogen (secondary N) is 1. The van der Waals surface area contributed by atoms with Gasteiger partial charge >= 0.3 is 0 Å². The molecule has 0 saturated carbocycles. The van der Waals surface area contributed by atoms with E-state index in [-0.39, 0.29) is 17.2 Å². The van der Waals surface area contributed by atoms with Gasteiger partial charge in [-0.3, -0.25) is 0 Å². The van der Waals surface area contributed by atoms with Gasteiger partial charge in [-0.1, -0.05) is 6.07 Å². The van der Waals surface area contributed by atoms with Crippen LogP contribution in [-0.4, -0.2) is 39.6 Å². The van der Waals surface area contributed by atoms with Gasteiger partial charge in [0.15, 0.2) is 11.6 Å². The SMILES string of the molecule is COc1ccc(CNCC2(OC)CCOC2)cc1F. The van der Waals surface area contributed by atoms with Crippen molar-refractivity contribution >= 4 is 0 Å². The number of benzene rings is 1. The molecule has 1 fully saturated rings. The lowest BCUT2D eigenvalue weighted by atomic mass is 10.0. The summed E-state index contributed by atoms with van der Waals surface area (Å²) < 4.78 is 29.3. The van der Waals surface area contributed by atoms with Gasteiger partial charge in [-0.05, 0) is 17.7 Å². The van der Waals surface area contributed by atoms with E-state index in [1.807, 2.05) is 6.07 Å². The van der Waals surface area contributed by atoms with Crippen LogP contribution in [-0.2, 0) is 16.0 Å². The lowest BCUT2D eigenvalue weighted by Gasteiger charge is -2.26. The first-order valence-electron chi connectivity index (χ1n) is 6.35. The summed E-state index contributed by atoms with van der Waals surface area (Å²) in [4.78, 5) is 0. The van der Waals surface area contributed by atoms with Crippen LogP contribution in [0.3, 0.4) is 0 Å². The Labute approximate surface area is 112 Å². The van der Waals surface area contributed by atoms with E-state index in [0.29, 0.717) is 19.7 Å². The molecule has 0 aliphatic carbocycles. The van der Waals surface area contributed by atoms with E-state index in [9.17, 15) is 4.39 Å². The van der Waals surface area contributed by atoms with Crippen LogP contribution in [0.1, 0.15) is 12.0 Å². The molecule has 19 heavy (non-hydrogen) atoms. The highest BCUT2D eigenvalue weighted by atomic mass is 19.1. The van der Waals surface area contributed by atoms with Crippen LogP contribution in [0.2, 0.25) is 0 Å². The van der Waals surface area contributed by atoms with E-state index >= 15 is 0 Å². The normalized spacial score (nSPS) is 22.7. The van der Waals surface area contributed by atoms with E-state index < -0.39 is 0 Å². The Hall–Kier alpha value is -1.17. The first-order valence-corrected chi connectivity index (χ1v) is 6.35. The van der Waals surface area contributed by atoms with Crippen molar-refractivity contribution in [3.8, 4) is 5.75 Å². The highest BCUT2D eigenvalue weighted by Gasteiger charge is 2.34. The largest absolute Gasteiger partial charge is 0.494 e. The number of hydrogen-bond donors (Lipinski definition) is 1. The molecule has 0 amide bonds. The lowest BCUT2D eigenvalue weighted by molar-refractivity contribution is -0.0159. The van der Waals surface area contributed by atoms with Gasteiger partial charge in [0, 0.05) is 33.2 Å². The van der Waals surface area contributed by atoms with Crippen LogP contribution >= 0.6 is 0 Å². The van der Waals surface area contributed by atoms with E-state index in [1.54, 1.807) is 13.2 Å². The Kier molecular flexibility index (Phi) is 4.74. The molecule has 106 valence electrons. The maximum Gasteiger partial charge on any atom is 0.165 e. The smallest absolute Gasteiger partial charge is 0.165 e. The molecule has 1 aliphatic rings. The average Bonchev–Trinajstić information content (AvgIpc) is 2.88. The van der Waals surface area contributed by atoms with Gasteiger partial charge in [-0.25, -0.2) is 4.39 Å². The first-order chi connectivity index (χ1) is 9.19. The third-order valence-electron chi connectivity index (χ3n) is 3.49. The molecule has 1 N–H and O–H groups in total. The van der Waals surface area contributed by atoms with Crippen molar-refractivity contribution in [3.05, 3.63) is 29.6 Å². The molecule has 1 aromatic carbocycles. The maximum atomic E-state index is 13.5. The summed E-state index contributed by atoms with van der Waals surface area (Å²) in [6, 6.07) is 4.97. The number of methoxy groups -OCH3 is 2. The molecule has 1 heterocycles. The van der Waals surface area contributed by atoms with Crippen LogP contribution in [0, 0.1) is 5.82 Å². The van der Waals surface area contributed by atoms with Crippen LogP contribution in [0.15, 0.2) is 18.2 Å². The fourth-order valence-electron chi connectivity index (χ4n) is 2.22. The Morgan fingerprint density at radius 2 is 2.26 bits per heavy atom. The van der Waals surface area contributed by atoms with Crippen molar-refractivity contribution < 1.29 is 18.6 Å². The molecule has 0 aromatic heterocycles. The van der Waals surface area contributed by atoms with Gasteiger partial charge in [-0.15, -0.1) is 0 Å². The summed E-state index contributed by atoms with van der Waals surface area (Å²) in [6.07, 6.45) is 0.882. The van der Waals surface area contributed by atoms with Gasteiger partial charge in [0.25, 0.3) is 0 Å². The summed E-state index contributed by atoms with van der Waals surface area (Å²) in [7, 11) is 3.15. The minimum atomic E-state index is -0.340. The van der Waals surface area contributed by atoms with Gasteiger partial charge in [0.1, 0.15) is 5.60 Å². The number of hydrogen-bond acceptors (Lipinski definition) is 4. The number of halogens is 1. The molecule has 5 heteroatoms. The second kappa shape index (κ2) is 6.32. The first kappa shape index (κ1) is 14.2. The molecule has 2 rings (SSSR count). The second-order valence-corrected chi connectivity index (χ2v) is 4.76. The topological polar surface area (TPSA) is 39.7 Å². The molecule has 1 saturated heterocycles. The van der Waals surface area contributed by atoms with E-state index in [1.165, 1.54) is 13.2 Å². The second-order valence-electron chi connectivity index (χ2n) is 4.76. The number of rotatable bonds is 6. The van der Waals surface area contributed by atoms with Gasteiger partial charge in [0.2, 0.25) is 0 Å². The summed E-state index contributed by atoms with van der Waals surface area (Å²) in [5.74, 6) is -0.0752. The molecule has 4 nitrogen and oxygen atoms in total. The molecule has 1 aliphatic heterocycles. The fraction of sp³-hybridized carbons (Fsp3) is 0.571. The Morgan fingerprint density at radius 3 is 2.84 bits per heavy atom. The van der Waals surface area contributed by atoms with Gasteiger partial charge < -0.3 is 19.5 Å². The third kappa shape index (κ3) is 3.43. The van der Waals surface area contributed by atoms with Crippen LogP contribution in [0.5, 0.6) is 5.75 Å². The Morgan fingerprint density at radius 1 is 1.42 bits per heavy atom. The molecule has 1 atom stereocenters. The summed E-state index contributed by atoms with van der Waals surface area (Å²) in [6.45, 7) is 2.61. The standard InChI is InChI=1S/C14H20FNO3/c1-17-13-4-3-11(7-12(13)15)8-16-9-14(18-2)5-6-19-10-14/h3-4,7,16H,5-6,8-10H2,1-2H3. The lowest BCUT2D eigenvalue weighted by Crippen LogP contribution is -2.42. The molecule has 0 radical (unpaired) electrons. The van der Waals surface area contributed by atoms with Crippen molar-refractivity contribution in [2.45, 2.75) is 18.6 Å². The maximum absolute atomic E-state index is 13.5. The molecule has 1 unspecified atom stereocenters. The third-order valence-corrected chi connectivity index (χ3v) is 3.49. The minimum Gasteiger partial charge on any atom is -0.494 e. The monoisotopic (exact) mass is 269 g/mol. The summed E-state index contributed by atoms with van der Waals surface area (Å²) in [5.41, 5.74) is 0.633. The van der Waals surface area contributed by atoms with Crippen LogP contribution < -0.4 is 10.1 Å². The van der Waals surface area contributed by atoms with Crippen molar-refractivity contribution in [1.82, 2.24) is 5.32 Å². The highest BCUT2D eigenvalue weighted by molar-refractivity contribution is 5.29. The molecule has 1 aromatic rings. The quantitative estimate of drug-likeness (QED) is 0.853. The van der Waals surface area contributed by atoms with E-state index in [4.69, 9.17) is 14.2 Å². The molecular formula is C14H20FNO3. The summed E-state index contributed by atoms with van der Waals surface area (Å²) in [5, 5.41) is 3.29. The summed E-state index contributed by atoms with van der Waals surface area (Å²) >= 11 is 0. The fourth-order valence-corrected chi connectivity index (χ4v) is 2.22. The van der Waals surface area contributed by atoms with Crippen LogP contribution in [0.4, 0.5) is 4.39 Å². The predicted molar refractivity (Wildman–Crippen MR) is 69.8 cm³/mol. The van der Waals surface area contributed by atoms with E-state index in [2.05, 4.69) is 5.32 Å². The zero-order valence-corrected chi connectivity index (χ0v) is 11.4. The molecular weight excluding hydrogens is 249 g/mol. The zero-order valence-electron chi connectivity index (χ0n) is 11.4. The van der Waals surface area contributed by atoms with Crippen LogP contribution in [0.25, 0.3) is 0 Å². The Bertz CT molecular complexity index is 419. The highest BCUT2D eigenvalue weighted by Crippen LogP contribution is 2.22. The Balaban J connectivity index is 1.87. The minimum absolute atomic E-state index is 0.245. The van der Waals surface area contributed by atoms with Crippen molar-refractivity contribution in [2.24, 2.45) is 0 Å². The number of ether oxygens (including phenoxy) is 3.